The minimum absolute atomic E-state index is 0.289. The van der Waals surface area contributed by atoms with Crippen LogP contribution in [-0.4, -0.2) is 11.3 Å². The van der Waals surface area contributed by atoms with Crippen LogP contribution in [0.15, 0.2) is 23.1 Å². The third kappa shape index (κ3) is 4.66. The van der Waals surface area contributed by atoms with E-state index in [1.807, 2.05) is 11.8 Å². The van der Waals surface area contributed by atoms with Gasteiger partial charge < -0.3 is 5.73 Å². The van der Waals surface area contributed by atoms with E-state index in [0.29, 0.717) is 11.2 Å². The van der Waals surface area contributed by atoms with Crippen molar-refractivity contribution in [3.05, 3.63) is 29.3 Å². The predicted octanol–water partition coefficient (Wildman–Crippen LogP) is 4.41. The first-order valence-corrected chi connectivity index (χ1v) is 7.83. The second kappa shape index (κ2) is 7.20. The van der Waals surface area contributed by atoms with E-state index in [0.717, 1.165) is 12.8 Å². The van der Waals surface area contributed by atoms with Crippen molar-refractivity contribution in [2.45, 2.75) is 63.6 Å². The van der Waals surface area contributed by atoms with E-state index in [1.165, 1.54) is 16.0 Å². The molecule has 2 atom stereocenters. The first-order valence-electron chi connectivity index (χ1n) is 6.95. The third-order valence-electron chi connectivity index (χ3n) is 3.51. The van der Waals surface area contributed by atoms with Gasteiger partial charge in [0, 0.05) is 16.2 Å². The predicted molar refractivity (Wildman–Crippen MR) is 83.3 cm³/mol. The molecule has 1 aromatic carbocycles. The first kappa shape index (κ1) is 15.6. The summed E-state index contributed by atoms with van der Waals surface area (Å²) in [5.41, 5.74) is 8.76. The molecule has 2 N–H and O–H groups in total. The lowest BCUT2D eigenvalue weighted by Crippen LogP contribution is -2.21. The van der Waals surface area contributed by atoms with Crippen LogP contribution in [0.5, 0.6) is 0 Å². The van der Waals surface area contributed by atoms with Crippen molar-refractivity contribution in [1.82, 2.24) is 0 Å². The van der Waals surface area contributed by atoms with Gasteiger partial charge >= 0.3 is 0 Å². The van der Waals surface area contributed by atoms with Crippen molar-refractivity contribution in [3.8, 4) is 0 Å². The Morgan fingerprint density at radius 1 is 1.22 bits per heavy atom. The topological polar surface area (TPSA) is 26.0 Å². The number of benzene rings is 1. The van der Waals surface area contributed by atoms with Crippen LogP contribution < -0.4 is 5.73 Å². The fourth-order valence-electron chi connectivity index (χ4n) is 1.75. The van der Waals surface area contributed by atoms with Crippen molar-refractivity contribution < 1.29 is 0 Å². The molecular formula is C16H27NS. The van der Waals surface area contributed by atoms with Gasteiger partial charge in [0.25, 0.3) is 0 Å². The van der Waals surface area contributed by atoms with E-state index in [4.69, 9.17) is 5.73 Å². The van der Waals surface area contributed by atoms with Crippen LogP contribution in [0.3, 0.4) is 0 Å². The zero-order valence-corrected chi connectivity index (χ0v) is 13.2. The zero-order valence-electron chi connectivity index (χ0n) is 12.4. The summed E-state index contributed by atoms with van der Waals surface area (Å²) in [7, 11) is 0. The summed E-state index contributed by atoms with van der Waals surface area (Å²) < 4.78 is 0. The van der Waals surface area contributed by atoms with Crippen molar-refractivity contribution in [2.75, 3.05) is 0 Å². The summed E-state index contributed by atoms with van der Waals surface area (Å²) in [5, 5.41) is 0.660. The van der Waals surface area contributed by atoms with Gasteiger partial charge in [0.1, 0.15) is 0 Å². The van der Waals surface area contributed by atoms with Crippen LogP contribution in [-0.2, 0) is 6.42 Å². The summed E-state index contributed by atoms with van der Waals surface area (Å²) >= 11 is 1.98. The number of thioether (sulfide) groups is 1. The highest BCUT2D eigenvalue weighted by Crippen LogP contribution is 2.30. The Hall–Kier alpha value is -0.470. The molecule has 0 amide bonds. The minimum Gasteiger partial charge on any atom is -0.327 e. The van der Waals surface area contributed by atoms with E-state index in [9.17, 15) is 0 Å². The summed E-state index contributed by atoms with van der Waals surface area (Å²) in [5.74, 6) is 0.711. The molecule has 1 nitrogen and oxygen atoms in total. The molecule has 0 spiro atoms. The minimum atomic E-state index is 0.289. The van der Waals surface area contributed by atoms with Gasteiger partial charge in [-0.1, -0.05) is 39.8 Å². The Morgan fingerprint density at radius 3 is 2.39 bits per heavy atom. The Bertz CT molecular complexity index is 373. The van der Waals surface area contributed by atoms with Gasteiger partial charge in [0.2, 0.25) is 0 Å². The average molecular weight is 265 g/mol. The number of nitrogens with two attached hydrogens (primary N) is 1. The molecule has 0 bridgehead atoms. The van der Waals surface area contributed by atoms with Crippen molar-refractivity contribution in [3.63, 3.8) is 0 Å². The molecule has 0 aromatic heterocycles. The molecule has 0 saturated heterocycles. The summed E-state index contributed by atoms with van der Waals surface area (Å²) in [6, 6.07) is 7.08. The molecule has 0 aliphatic rings. The van der Waals surface area contributed by atoms with Crippen LogP contribution in [0.25, 0.3) is 0 Å². The standard InChI is InChI=1S/C16H27NS/c1-6-15(17)10-14-7-8-16(12(4)9-14)18-13(5)11(2)3/h7-9,11,13,15H,6,10,17H2,1-5H3. The lowest BCUT2D eigenvalue weighted by molar-refractivity contribution is 0.641. The highest BCUT2D eigenvalue weighted by molar-refractivity contribution is 8.00. The van der Waals surface area contributed by atoms with Crippen LogP contribution in [0.4, 0.5) is 0 Å². The van der Waals surface area contributed by atoms with Crippen LogP contribution in [0, 0.1) is 12.8 Å². The van der Waals surface area contributed by atoms with Crippen molar-refractivity contribution in [1.29, 1.82) is 0 Å². The Labute approximate surface area is 117 Å². The van der Waals surface area contributed by atoms with Crippen molar-refractivity contribution in [2.24, 2.45) is 11.7 Å². The van der Waals surface area contributed by atoms with Crippen LogP contribution >= 0.6 is 11.8 Å². The molecule has 0 aliphatic heterocycles. The van der Waals surface area contributed by atoms with E-state index in [-0.39, 0.29) is 6.04 Å². The Kier molecular flexibility index (Phi) is 6.24. The maximum absolute atomic E-state index is 6.01. The van der Waals surface area contributed by atoms with Gasteiger partial charge in [-0.15, -0.1) is 11.8 Å². The Morgan fingerprint density at radius 2 is 1.89 bits per heavy atom. The number of rotatable bonds is 6. The van der Waals surface area contributed by atoms with E-state index in [1.54, 1.807) is 0 Å². The number of hydrogen-bond acceptors (Lipinski definition) is 2. The van der Waals surface area contributed by atoms with Gasteiger partial charge in [-0.25, -0.2) is 0 Å². The summed E-state index contributed by atoms with van der Waals surface area (Å²) in [6.45, 7) is 11.2. The fourth-order valence-corrected chi connectivity index (χ4v) is 2.82. The zero-order chi connectivity index (χ0) is 13.7. The molecule has 0 heterocycles. The lowest BCUT2D eigenvalue weighted by Gasteiger charge is -2.17. The maximum Gasteiger partial charge on any atom is 0.0104 e. The highest BCUT2D eigenvalue weighted by atomic mass is 32.2. The van der Waals surface area contributed by atoms with Crippen LogP contribution in [0.2, 0.25) is 0 Å². The summed E-state index contributed by atoms with van der Waals surface area (Å²) in [6.07, 6.45) is 2.03. The fraction of sp³-hybridized carbons (Fsp3) is 0.625. The quantitative estimate of drug-likeness (QED) is 0.771. The van der Waals surface area contributed by atoms with Crippen LogP contribution in [0.1, 0.15) is 45.2 Å². The molecule has 2 unspecified atom stereocenters. The molecule has 0 aliphatic carbocycles. The van der Waals surface area contributed by atoms with Gasteiger partial charge in [-0.05, 0) is 42.9 Å². The van der Waals surface area contributed by atoms with E-state index in [2.05, 4.69) is 52.8 Å². The van der Waals surface area contributed by atoms with E-state index >= 15 is 0 Å². The van der Waals surface area contributed by atoms with Crippen molar-refractivity contribution >= 4 is 11.8 Å². The Balaban J connectivity index is 2.73. The molecular weight excluding hydrogens is 238 g/mol. The number of hydrogen-bond donors (Lipinski definition) is 1. The summed E-state index contributed by atoms with van der Waals surface area (Å²) in [4.78, 5) is 1.41. The van der Waals surface area contributed by atoms with E-state index < -0.39 is 0 Å². The normalized spacial score (nSPS) is 14.8. The molecule has 0 radical (unpaired) electrons. The molecule has 1 aromatic rings. The van der Waals surface area contributed by atoms with Gasteiger partial charge in [0.15, 0.2) is 0 Å². The first-order chi connectivity index (χ1) is 8.43. The molecule has 1 rings (SSSR count). The molecule has 18 heavy (non-hydrogen) atoms. The molecule has 0 saturated carbocycles. The van der Waals surface area contributed by atoms with Gasteiger partial charge in [0.05, 0.1) is 0 Å². The molecule has 0 fully saturated rings. The largest absolute Gasteiger partial charge is 0.327 e. The van der Waals surface area contributed by atoms with Gasteiger partial charge in [-0.3, -0.25) is 0 Å². The second-order valence-electron chi connectivity index (χ2n) is 5.54. The lowest BCUT2D eigenvalue weighted by atomic mass is 10.0. The second-order valence-corrected chi connectivity index (χ2v) is 6.96. The molecule has 2 heteroatoms. The number of aryl methyl sites for hydroxylation is 1. The smallest absolute Gasteiger partial charge is 0.0104 e. The molecule has 102 valence electrons. The monoisotopic (exact) mass is 265 g/mol. The SMILES string of the molecule is CCC(N)Cc1ccc(SC(C)C(C)C)c(C)c1. The third-order valence-corrected chi connectivity index (χ3v) is 5.14. The van der Waals surface area contributed by atoms with Gasteiger partial charge in [-0.2, -0.15) is 0 Å². The highest BCUT2D eigenvalue weighted by Gasteiger charge is 2.11. The maximum atomic E-state index is 6.01. The average Bonchev–Trinajstić information content (AvgIpc) is 2.32.